The maximum absolute atomic E-state index is 12.9. The molecule has 78 heavy (non-hydrogen) atoms. The Morgan fingerprint density at radius 3 is 1.05 bits per heavy atom. The van der Waals surface area contributed by atoms with Gasteiger partial charge in [0.2, 0.25) is 0 Å². The van der Waals surface area contributed by atoms with Gasteiger partial charge in [-0.3, -0.25) is 28.8 Å². The molecule has 9 aliphatic carbocycles. The molecule has 9 saturated carbocycles. The molecule has 0 aromatic heterocycles. The molecule has 0 aromatic carbocycles. The van der Waals surface area contributed by atoms with Gasteiger partial charge in [0.1, 0.15) is 35.1 Å². The Morgan fingerprint density at radius 2 is 0.756 bits per heavy atom. The minimum absolute atomic E-state index is 0. The van der Waals surface area contributed by atoms with Crippen LogP contribution >= 0.6 is 0 Å². The van der Waals surface area contributed by atoms with Crippen LogP contribution in [0.25, 0.3) is 0 Å². The second kappa shape index (κ2) is 30.8. The lowest BCUT2D eigenvalue weighted by atomic mass is 9.85. The summed E-state index contributed by atoms with van der Waals surface area (Å²) in [6.45, 7) is 20.0. The van der Waals surface area contributed by atoms with Gasteiger partial charge in [-0.15, -0.1) is 0 Å². The van der Waals surface area contributed by atoms with Crippen molar-refractivity contribution in [3.8, 4) is 0 Å². The second-order valence-electron chi connectivity index (χ2n) is 25.7. The average molecular weight is 1110 g/mol. The molecule has 0 aliphatic heterocycles. The van der Waals surface area contributed by atoms with Crippen molar-refractivity contribution in [3.05, 3.63) is 0 Å². The van der Waals surface area contributed by atoms with Crippen molar-refractivity contribution < 1.29 is 57.2 Å². The molecule has 0 aromatic rings. The van der Waals surface area contributed by atoms with E-state index in [0.29, 0.717) is 17.8 Å². The van der Waals surface area contributed by atoms with E-state index in [1.807, 2.05) is 48.5 Å². The van der Waals surface area contributed by atoms with Gasteiger partial charge in [-0.1, -0.05) is 93.0 Å². The molecule has 0 amide bonds. The zero-order valence-corrected chi connectivity index (χ0v) is 46.4. The molecular weight excluding hydrogens is 985 g/mol. The first-order valence-electron chi connectivity index (χ1n) is 29.5. The highest BCUT2D eigenvalue weighted by Gasteiger charge is 2.56. The highest BCUT2D eigenvalue weighted by molar-refractivity contribution is 5.78. The monoisotopic (exact) mass is 1100 g/mol. The topological polar surface area (TPSA) is 158 Å². The lowest BCUT2D eigenvalue weighted by molar-refractivity contribution is -0.174. The summed E-state index contributed by atoms with van der Waals surface area (Å²) < 4.78 is 35.3. The average Bonchev–Trinajstić information content (AvgIpc) is 4.23. The maximum atomic E-state index is 12.9. The lowest BCUT2D eigenvalue weighted by Gasteiger charge is -2.34. The first-order chi connectivity index (χ1) is 34.2. The molecule has 14 atom stereocenters. The predicted molar refractivity (Wildman–Crippen MR) is 314 cm³/mol. The van der Waals surface area contributed by atoms with E-state index in [0.717, 1.165) is 167 Å². The Morgan fingerprint density at radius 1 is 0.449 bits per heavy atom. The predicted octanol–water partition coefficient (Wildman–Crippen LogP) is 16.6. The molecule has 0 spiro atoms. The molecule has 14 unspecified atom stereocenters. The molecule has 12 nitrogen and oxygen atoms in total. The van der Waals surface area contributed by atoms with Gasteiger partial charge < -0.3 is 28.4 Å². The van der Waals surface area contributed by atoms with Gasteiger partial charge >= 0.3 is 35.8 Å². The smallest absolute Gasteiger partial charge is 0.311 e. The Balaban J connectivity index is 0.000000564. The summed E-state index contributed by atoms with van der Waals surface area (Å²) in [5, 5.41) is 0. The summed E-state index contributed by atoms with van der Waals surface area (Å²) >= 11 is 0. The molecule has 9 aliphatic rings. The minimum atomic E-state index is -0.450. The molecule has 0 saturated heterocycles. The van der Waals surface area contributed by atoms with E-state index in [4.69, 9.17) is 28.4 Å². The number of fused-ring (bicyclic) bond motifs is 6. The molecule has 0 N–H and O–H groups in total. The minimum Gasteiger partial charge on any atom is -0.462 e. The molecule has 9 rings (SSSR count). The van der Waals surface area contributed by atoms with Gasteiger partial charge in [-0.25, -0.2) is 0 Å². The van der Waals surface area contributed by atoms with E-state index >= 15 is 0 Å². The number of carbonyl (C=O) groups excluding carboxylic acids is 6. The molecule has 456 valence electrons. The van der Waals surface area contributed by atoms with E-state index in [2.05, 4.69) is 20.8 Å². The summed E-state index contributed by atoms with van der Waals surface area (Å²) in [7, 11) is 0. The van der Waals surface area contributed by atoms with Crippen LogP contribution in [0.1, 0.15) is 281 Å². The molecule has 6 bridgehead atoms. The summed E-state index contributed by atoms with van der Waals surface area (Å²) in [5.74, 6) is 1.25. The standard InChI is InChI=1S/C21H34O4.C20H32O4.C19H30O4.6CH4/c1-5-20(3,4)19(23)24-17-13-14-11-15(17)16(12-14)18(22)25-21(6-2)9-7-8-10-21;1-4-13(3)18(21)23-17-12-14-10-15(17)16(11-14)19(22)24-20(5-2)8-6-7-9-20;1-4-12(2)17(20)22-16-11-13-9-14(16)15(10-13)18(21)23-19(3)7-5-6-8-19;;;;;;/h14-17H,5-13H2,1-4H3;13-17H,4-12H2,1-3H3;12-16H,4-11H2,1-3H3;6*1H4. The number of hydrogen-bond acceptors (Lipinski definition) is 12. The molecular formula is C66H120O12. The van der Waals surface area contributed by atoms with Crippen LogP contribution in [0.3, 0.4) is 0 Å². The third-order valence-electron chi connectivity index (χ3n) is 20.4. The zero-order chi connectivity index (χ0) is 52.2. The van der Waals surface area contributed by atoms with E-state index in [1.165, 1.54) is 0 Å². The third kappa shape index (κ3) is 16.7. The Kier molecular flexibility index (Phi) is 28.7. The van der Waals surface area contributed by atoms with Crippen LogP contribution in [-0.2, 0) is 57.2 Å². The zero-order valence-electron chi connectivity index (χ0n) is 46.4. The van der Waals surface area contributed by atoms with Gasteiger partial charge in [0.15, 0.2) is 0 Å². The van der Waals surface area contributed by atoms with Crippen LogP contribution < -0.4 is 0 Å². The fourth-order valence-electron chi connectivity index (χ4n) is 14.6. The van der Waals surface area contributed by atoms with E-state index in [9.17, 15) is 28.8 Å². The largest absolute Gasteiger partial charge is 0.462 e. The van der Waals surface area contributed by atoms with Gasteiger partial charge in [-0.2, -0.15) is 0 Å². The quantitative estimate of drug-likeness (QED) is 0.100. The summed E-state index contributed by atoms with van der Waals surface area (Å²) in [4.78, 5) is 75.0. The van der Waals surface area contributed by atoms with Crippen LogP contribution in [0.5, 0.6) is 0 Å². The van der Waals surface area contributed by atoms with Gasteiger partial charge in [0.25, 0.3) is 0 Å². The fourth-order valence-corrected chi connectivity index (χ4v) is 14.6. The molecule has 0 radical (unpaired) electrons. The maximum Gasteiger partial charge on any atom is 0.311 e. The van der Waals surface area contributed by atoms with Crippen molar-refractivity contribution in [2.75, 3.05) is 0 Å². The Labute approximate surface area is 477 Å². The number of esters is 6. The Hall–Kier alpha value is -3.18. The highest BCUT2D eigenvalue weighted by Crippen LogP contribution is 2.54. The van der Waals surface area contributed by atoms with Crippen molar-refractivity contribution in [1.29, 1.82) is 0 Å². The summed E-state index contributed by atoms with van der Waals surface area (Å²) in [6.07, 6.45) is 25.3. The Bertz CT molecular complexity index is 1890. The summed E-state index contributed by atoms with van der Waals surface area (Å²) in [6, 6.07) is 0. The second-order valence-corrected chi connectivity index (χ2v) is 25.7. The van der Waals surface area contributed by atoms with Crippen molar-refractivity contribution in [3.63, 3.8) is 0 Å². The first-order valence-corrected chi connectivity index (χ1v) is 29.5. The summed E-state index contributed by atoms with van der Waals surface area (Å²) in [5.41, 5.74) is -1.16. The van der Waals surface area contributed by atoms with E-state index in [1.54, 1.807) is 0 Å². The number of ether oxygens (including phenoxy) is 6. The van der Waals surface area contributed by atoms with Crippen molar-refractivity contribution in [2.24, 2.45) is 70.5 Å². The van der Waals surface area contributed by atoms with Gasteiger partial charge in [0, 0.05) is 17.8 Å². The first kappa shape index (κ1) is 72.8. The van der Waals surface area contributed by atoms with Crippen LogP contribution in [-0.4, -0.2) is 70.9 Å². The SMILES string of the molecule is C.C.C.C.C.C.CCC(C)C(=O)OC1CC2CC(C(=O)OC3(C)CCCC3)C1C2.CCC(C)C(=O)OC1CC2CC(C(=O)OC3(CC)CCCC3)C1C2.CCC1(OC(=O)C2CC3CC(OC(=O)C(C)(C)CC)C2C3)CCCC1. The van der Waals surface area contributed by atoms with Gasteiger partial charge in [-0.05, 0) is 205 Å². The molecule has 12 heteroatoms. The van der Waals surface area contributed by atoms with Crippen LogP contribution in [0.15, 0.2) is 0 Å². The van der Waals surface area contributed by atoms with E-state index < -0.39 is 5.41 Å². The van der Waals surface area contributed by atoms with E-state index in [-0.39, 0.29) is 163 Å². The van der Waals surface area contributed by atoms with Crippen molar-refractivity contribution in [2.45, 2.75) is 316 Å². The van der Waals surface area contributed by atoms with Crippen LogP contribution in [0.2, 0.25) is 0 Å². The number of rotatable bonds is 17. The van der Waals surface area contributed by atoms with Crippen LogP contribution in [0, 0.1) is 70.5 Å². The van der Waals surface area contributed by atoms with Crippen molar-refractivity contribution in [1.82, 2.24) is 0 Å². The highest BCUT2D eigenvalue weighted by atomic mass is 16.6. The molecule has 9 fully saturated rings. The number of hydrogen-bond donors (Lipinski definition) is 0. The van der Waals surface area contributed by atoms with Crippen molar-refractivity contribution >= 4 is 35.8 Å². The van der Waals surface area contributed by atoms with Crippen LogP contribution in [0.4, 0.5) is 0 Å². The normalized spacial score (nSPS) is 32.1. The fraction of sp³-hybridized carbons (Fsp3) is 0.909. The number of carbonyl (C=O) groups is 6. The van der Waals surface area contributed by atoms with Gasteiger partial charge in [0.05, 0.1) is 35.0 Å². The molecule has 0 heterocycles. The lowest BCUT2D eigenvalue weighted by Crippen LogP contribution is -2.40. The third-order valence-corrected chi connectivity index (χ3v) is 20.4.